The number of hydrogen-bond donors (Lipinski definition) is 1. The van der Waals surface area contributed by atoms with Crippen LogP contribution >= 0.6 is 30.1 Å². The first kappa shape index (κ1) is 59.4. The summed E-state index contributed by atoms with van der Waals surface area (Å²) in [7, 11) is 6.01. The molecule has 0 radical (unpaired) electrons. The van der Waals surface area contributed by atoms with Crippen molar-refractivity contribution in [1.29, 1.82) is 0 Å². The molecule has 0 aromatic heterocycles. The van der Waals surface area contributed by atoms with E-state index in [4.69, 9.17) is 14.2 Å². The number of carbonyl (C=O) groups is 1. The first-order valence-electron chi connectivity index (χ1n) is 26.1. The van der Waals surface area contributed by atoms with Gasteiger partial charge < -0.3 is 24.4 Å². The van der Waals surface area contributed by atoms with Crippen LogP contribution in [0.1, 0.15) is 226 Å². The predicted octanol–water partition coefficient (Wildman–Crippen LogP) is 16.4. The lowest BCUT2D eigenvalue weighted by atomic mass is 9.98. The van der Waals surface area contributed by atoms with Crippen molar-refractivity contribution < 1.29 is 19.0 Å². The molecule has 62 heavy (non-hydrogen) atoms. The normalized spacial score (nSPS) is 16.7. The molecule has 0 aliphatic carbocycles. The van der Waals surface area contributed by atoms with Gasteiger partial charge in [0.1, 0.15) is 0 Å². The topological polar surface area (TPSA) is 60.0 Å². The first-order valence-corrected chi connectivity index (χ1v) is 29.7. The molecule has 1 amide bonds. The van der Waals surface area contributed by atoms with Gasteiger partial charge in [0.2, 0.25) is 5.91 Å². The average molecular weight is 999 g/mol. The summed E-state index contributed by atoms with van der Waals surface area (Å²) >= 11 is 2.25. The number of amides is 1. The molecule has 1 aliphatic rings. The van der Waals surface area contributed by atoms with Crippen LogP contribution in [-0.4, -0.2) is 75.0 Å². The van der Waals surface area contributed by atoms with Gasteiger partial charge >= 0.3 is 0 Å². The van der Waals surface area contributed by atoms with Crippen LogP contribution in [0.5, 0.6) is 0 Å². The molecule has 1 heterocycles. The highest BCUT2D eigenvalue weighted by Gasteiger charge is 2.46. The Morgan fingerprint density at radius 1 is 0.597 bits per heavy atom. The maximum atomic E-state index is 11.8. The highest BCUT2D eigenvalue weighted by atomic mass is 127. The zero-order chi connectivity index (χ0) is 44.9. The third-order valence-electron chi connectivity index (χ3n) is 12.0. The smallest absolute Gasteiger partial charge is 0.220 e. The first-order chi connectivity index (χ1) is 30.5. The van der Waals surface area contributed by atoms with E-state index in [-0.39, 0.29) is 18.1 Å². The molecular formula is C54H99IN2O4S. The molecule has 0 bridgehead atoms. The van der Waals surface area contributed by atoms with Gasteiger partial charge in [0.05, 0.1) is 12.2 Å². The number of halogens is 1. The summed E-state index contributed by atoms with van der Waals surface area (Å²) in [4.78, 5) is 14.1. The molecule has 6 nitrogen and oxygen atoms in total. The minimum Gasteiger partial charge on any atom is -0.381 e. The monoisotopic (exact) mass is 999 g/mol. The molecule has 0 spiro atoms. The molecule has 0 aromatic carbocycles. The zero-order valence-corrected chi connectivity index (χ0v) is 44.0. The van der Waals surface area contributed by atoms with Crippen LogP contribution in [0, 0.1) is 0 Å². The number of ether oxygens (including phenoxy) is 3. The number of nitrogens with zero attached hydrogens (tertiary/aromatic N) is 1. The predicted molar refractivity (Wildman–Crippen MR) is 282 cm³/mol. The van der Waals surface area contributed by atoms with Crippen molar-refractivity contribution in [3.05, 3.63) is 48.6 Å². The quantitative estimate of drug-likeness (QED) is 0.0373. The molecule has 1 N–H and O–H groups in total. The van der Waals surface area contributed by atoms with Crippen LogP contribution < -0.4 is 5.32 Å². The van der Waals surface area contributed by atoms with Crippen molar-refractivity contribution in [2.75, 3.05) is 46.2 Å². The van der Waals surface area contributed by atoms with E-state index in [1.165, 1.54) is 141 Å². The van der Waals surface area contributed by atoms with E-state index in [0.29, 0.717) is 6.42 Å². The van der Waals surface area contributed by atoms with Crippen molar-refractivity contribution in [2.24, 2.45) is 0 Å². The van der Waals surface area contributed by atoms with Gasteiger partial charge in [0.15, 0.2) is 5.79 Å². The van der Waals surface area contributed by atoms with Gasteiger partial charge in [-0.3, -0.25) is 4.79 Å². The van der Waals surface area contributed by atoms with Gasteiger partial charge in [0.25, 0.3) is 0 Å². The molecule has 1 rings (SSSR count). The Morgan fingerprint density at radius 2 is 1.05 bits per heavy atom. The van der Waals surface area contributed by atoms with E-state index in [2.05, 4.69) is 108 Å². The van der Waals surface area contributed by atoms with E-state index < -0.39 is 5.79 Å². The zero-order valence-electron chi connectivity index (χ0n) is 41.0. The molecule has 362 valence electrons. The molecular weight excluding hydrogens is 900 g/mol. The molecule has 8 heteroatoms. The number of carbonyl (C=O) groups excluding carboxylic acids is 1. The number of hydrogen-bond acceptors (Lipinski definition) is 6. The van der Waals surface area contributed by atoms with Gasteiger partial charge in [-0.1, -0.05) is 161 Å². The van der Waals surface area contributed by atoms with Gasteiger partial charge in [-0.2, -0.15) is 0 Å². The molecule has 0 aromatic rings. The van der Waals surface area contributed by atoms with Crippen LogP contribution in [0.4, 0.5) is 0 Å². The minimum absolute atomic E-state index is 0.0957. The number of rotatable bonds is 46. The molecule has 2 unspecified atom stereocenters. The van der Waals surface area contributed by atoms with Crippen LogP contribution in [0.3, 0.4) is 0 Å². The van der Waals surface area contributed by atoms with Crippen LogP contribution in [0.15, 0.2) is 48.6 Å². The fourth-order valence-electron chi connectivity index (χ4n) is 8.16. The summed E-state index contributed by atoms with van der Waals surface area (Å²) in [5, 5.41) is 3.04. The van der Waals surface area contributed by atoms with E-state index in [1.807, 2.05) is 0 Å². The molecule has 1 saturated heterocycles. The molecule has 1 fully saturated rings. The van der Waals surface area contributed by atoms with Crippen molar-refractivity contribution >= 4 is 36.0 Å². The summed E-state index contributed by atoms with van der Waals surface area (Å²) in [5.41, 5.74) is 0. The van der Waals surface area contributed by atoms with E-state index in [1.54, 1.807) is 8.93 Å². The minimum atomic E-state index is -0.448. The van der Waals surface area contributed by atoms with Crippen molar-refractivity contribution in [2.45, 2.75) is 244 Å². The Morgan fingerprint density at radius 3 is 1.55 bits per heavy atom. The third kappa shape index (κ3) is 37.6. The van der Waals surface area contributed by atoms with Crippen LogP contribution in [0.2, 0.25) is 0 Å². The second kappa shape index (κ2) is 45.5. The van der Waals surface area contributed by atoms with Crippen molar-refractivity contribution in [3.8, 4) is 0 Å². The van der Waals surface area contributed by atoms with Gasteiger partial charge in [-0.25, -0.2) is 0 Å². The van der Waals surface area contributed by atoms with E-state index >= 15 is 0 Å². The highest BCUT2D eigenvalue weighted by molar-refractivity contribution is 14.2. The lowest BCUT2D eigenvalue weighted by Gasteiger charge is -2.29. The molecule has 1 aliphatic heterocycles. The number of allylic oxidation sites excluding steroid dienone is 8. The average Bonchev–Trinajstić information content (AvgIpc) is 3.62. The maximum Gasteiger partial charge on any atom is 0.220 e. The van der Waals surface area contributed by atoms with Crippen molar-refractivity contribution in [3.63, 3.8) is 0 Å². The SMILES string of the molecule is CCCCC/C=C\C/C=C\CCCCCCCCC1(CCCCCCCC/C=C\C/C=C\CCCCC)OC(CCOCCCCCCNC(=O)CCSI)C(CCN(C)C)O1. The summed E-state index contributed by atoms with van der Waals surface area (Å²) in [5.74, 6) is 0.607. The Kier molecular flexibility index (Phi) is 43.6. The second-order valence-corrected chi connectivity index (χ2v) is 20.7. The lowest BCUT2D eigenvalue weighted by Crippen LogP contribution is -2.31. The summed E-state index contributed by atoms with van der Waals surface area (Å²) < 4.78 is 20.3. The standard InChI is InChI=1S/C54H99IN2O4S/c1-5-7-9-11-13-15-17-19-21-23-25-27-29-31-33-37-44-54(45-38-34-32-30-28-26-24-22-20-18-16-14-12-10-8-6-2)60-51(41-47-57(3)4)52(61-54)42-49-59-48-40-36-35-39-46-56-53(58)43-50-62-55/h13-16,19-22,51-52H,5-12,17-18,23-50H2,1-4H3,(H,56,58)/b15-13-,16-14-,21-19-,22-20-. The second-order valence-electron chi connectivity index (χ2n) is 18.2. The van der Waals surface area contributed by atoms with Gasteiger partial charge in [0, 0.05) is 51.3 Å². The van der Waals surface area contributed by atoms with Crippen molar-refractivity contribution in [1.82, 2.24) is 10.2 Å². The maximum absolute atomic E-state index is 11.8. The van der Waals surface area contributed by atoms with E-state index in [0.717, 1.165) is 96.3 Å². The van der Waals surface area contributed by atoms with Gasteiger partial charge in [-0.15, -0.1) is 0 Å². The fourth-order valence-corrected chi connectivity index (χ4v) is 9.09. The Labute approximate surface area is 401 Å². The Hall–Kier alpha value is -0.650. The third-order valence-corrected chi connectivity index (χ3v) is 13.7. The summed E-state index contributed by atoms with van der Waals surface area (Å²) in [6, 6.07) is 0. The Bertz CT molecular complexity index is 1050. The fraction of sp³-hybridized carbons (Fsp3) is 0.833. The Balaban J connectivity index is 2.54. The van der Waals surface area contributed by atoms with Crippen LogP contribution in [0.25, 0.3) is 0 Å². The van der Waals surface area contributed by atoms with Crippen LogP contribution in [-0.2, 0) is 19.0 Å². The molecule has 0 saturated carbocycles. The summed E-state index contributed by atoms with van der Waals surface area (Å²) in [6.07, 6.45) is 58.4. The lowest BCUT2D eigenvalue weighted by molar-refractivity contribution is -0.188. The van der Waals surface area contributed by atoms with E-state index in [9.17, 15) is 4.79 Å². The summed E-state index contributed by atoms with van der Waals surface area (Å²) in [6.45, 7) is 7.85. The highest BCUT2D eigenvalue weighted by Crippen LogP contribution is 2.40. The molecule has 2 atom stereocenters. The largest absolute Gasteiger partial charge is 0.381 e. The number of unbranched alkanes of at least 4 members (excludes halogenated alkanes) is 21. The number of nitrogens with one attached hydrogen (secondary N) is 1. The van der Waals surface area contributed by atoms with Gasteiger partial charge in [-0.05, 0) is 138 Å².